The van der Waals surface area contributed by atoms with Gasteiger partial charge in [0.2, 0.25) is 0 Å². The number of aromatic nitrogens is 2. The molecule has 4 N–H and O–H groups in total. The summed E-state index contributed by atoms with van der Waals surface area (Å²) < 4.78 is 6.22. The van der Waals surface area contributed by atoms with E-state index < -0.39 is 5.91 Å². The van der Waals surface area contributed by atoms with Crippen LogP contribution in [0.4, 0.5) is 0 Å². The molecule has 0 aliphatic heterocycles. The van der Waals surface area contributed by atoms with Gasteiger partial charge in [-0.3, -0.25) is 14.2 Å². The van der Waals surface area contributed by atoms with E-state index in [9.17, 15) is 9.59 Å². The molecule has 3 aromatic rings. The zero-order chi connectivity index (χ0) is 16.6. The van der Waals surface area contributed by atoms with Gasteiger partial charge in [-0.05, 0) is 13.0 Å². The van der Waals surface area contributed by atoms with Crippen LogP contribution in [0.2, 0.25) is 0 Å². The lowest BCUT2D eigenvalue weighted by Gasteiger charge is -2.08. The molecule has 1 amide bonds. The molecule has 0 aliphatic carbocycles. The molecule has 0 radical (unpaired) electrons. The first-order valence-corrected chi connectivity index (χ1v) is 6.69. The van der Waals surface area contributed by atoms with E-state index in [0.717, 1.165) is 0 Å². The molecule has 0 spiro atoms. The van der Waals surface area contributed by atoms with Gasteiger partial charge < -0.3 is 16.0 Å². The van der Waals surface area contributed by atoms with Gasteiger partial charge in [-0.25, -0.2) is 0 Å². The fourth-order valence-corrected chi connectivity index (χ4v) is 2.28. The van der Waals surface area contributed by atoms with Crippen molar-refractivity contribution in [1.29, 1.82) is 0 Å². The first-order valence-electron chi connectivity index (χ1n) is 6.69. The van der Waals surface area contributed by atoms with Crippen LogP contribution in [0, 0.1) is 6.92 Å². The van der Waals surface area contributed by atoms with Gasteiger partial charge in [0.15, 0.2) is 11.8 Å². The number of guanidine groups is 1. The van der Waals surface area contributed by atoms with Crippen LogP contribution < -0.4 is 17.0 Å². The lowest BCUT2D eigenvalue weighted by molar-refractivity contribution is 0.100. The lowest BCUT2D eigenvalue weighted by Crippen LogP contribution is -2.25. The van der Waals surface area contributed by atoms with E-state index in [1.807, 2.05) is 0 Å². The number of nitrogens with zero attached hydrogens (tertiary/aromatic N) is 3. The number of aryl methyl sites for hydroxylation is 1. The zero-order valence-corrected chi connectivity index (χ0v) is 12.2. The van der Waals surface area contributed by atoms with Crippen LogP contribution in [0.5, 0.6) is 0 Å². The monoisotopic (exact) mass is 311 g/mol. The van der Waals surface area contributed by atoms with E-state index in [1.165, 1.54) is 10.8 Å². The number of hydrogen-bond acceptors (Lipinski definition) is 4. The Morgan fingerprint density at radius 3 is 2.57 bits per heavy atom. The smallest absolute Gasteiger partial charge is 0.282 e. The first-order chi connectivity index (χ1) is 11.0. The largest absolute Gasteiger partial charge is 0.370 e. The second-order valence-corrected chi connectivity index (χ2v) is 4.90. The van der Waals surface area contributed by atoms with E-state index in [1.54, 1.807) is 37.3 Å². The summed E-state index contributed by atoms with van der Waals surface area (Å²) in [5.74, 6) is -0.182. The molecular formula is C15H13N5O3. The normalized spacial score (nSPS) is 10.7. The van der Waals surface area contributed by atoms with Crippen molar-refractivity contribution in [2.45, 2.75) is 6.92 Å². The third-order valence-corrected chi connectivity index (χ3v) is 3.25. The summed E-state index contributed by atoms with van der Waals surface area (Å²) in [6.07, 6.45) is 1.36. The summed E-state index contributed by atoms with van der Waals surface area (Å²) in [7, 11) is 0. The Kier molecular flexibility index (Phi) is 3.41. The Hall–Kier alpha value is -3.42. The minimum Gasteiger partial charge on any atom is -0.370 e. The van der Waals surface area contributed by atoms with E-state index in [-0.39, 0.29) is 22.9 Å². The number of amides is 1. The Morgan fingerprint density at radius 1 is 1.26 bits per heavy atom. The van der Waals surface area contributed by atoms with Gasteiger partial charge in [-0.15, -0.1) is 0 Å². The van der Waals surface area contributed by atoms with Crippen LogP contribution >= 0.6 is 0 Å². The highest BCUT2D eigenvalue weighted by atomic mass is 16.5. The minimum atomic E-state index is -0.643. The SMILES string of the molecule is Cc1cc(-n2cc(C(=O)N=C(N)N)c3ccccc3c2=O)no1. The number of nitrogens with two attached hydrogens (primary N) is 2. The van der Waals surface area contributed by atoms with Crippen LogP contribution in [-0.2, 0) is 0 Å². The lowest BCUT2D eigenvalue weighted by atomic mass is 10.1. The van der Waals surface area contributed by atoms with Gasteiger partial charge in [-0.2, -0.15) is 4.99 Å². The summed E-state index contributed by atoms with van der Waals surface area (Å²) in [5.41, 5.74) is 10.4. The highest BCUT2D eigenvalue weighted by Crippen LogP contribution is 2.18. The maximum Gasteiger partial charge on any atom is 0.282 e. The minimum absolute atomic E-state index is 0.189. The molecule has 0 saturated carbocycles. The molecule has 23 heavy (non-hydrogen) atoms. The number of carbonyl (C=O) groups is 1. The summed E-state index contributed by atoms with van der Waals surface area (Å²) in [6.45, 7) is 1.70. The molecule has 116 valence electrons. The maximum atomic E-state index is 12.6. The summed E-state index contributed by atoms with van der Waals surface area (Å²) in [5, 5.41) is 4.62. The van der Waals surface area contributed by atoms with Crippen molar-refractivity contribution in [3.63, 3.8) is 0 Å². The molecule has 0 saturated heterocycles. The molecule has 0 aliphatic rings. The third-order valence-electron chi connectivity index (χ3n) is 3.25. The zero-order valence-electron chi connectivity index (χ0n) is 12.2. The Bertz CT molecular complexity index is 996. The van der Waals surface area contributed by atoms with Crippen molar-refractivity contribution in [1.82, 2.24) is 9.72 Å². The molecule has 0 fully saturated rings. The van der Waals surface area contributed by atoms with Crippen molar-refractivity contribution < 1.29 is 9.32 Å². The number of hydrogen-bond donors (Lipinski definition) is 2. The van der Waals surface area contributed by atoms with E-state index in [2.05, 4.69) is 10.1 Å². The van der Waals surface area contributed by atoms with Gasteiger partial charge in [0.05, 0.1) is 5.56 Å². The number of pyridine rings is 1. The van der Waals surface area contributed by atoms with E-state index >= 15 is 0 Å². The first kappa shape index (κ1) is 14.5. The Labute approximate surface area is 130 Å². The van der Waals surface area contributed by atoms with Crippen molar-refractivity contribution in [3.05, 3.63) is 58.2 Å². The molecule has 0 bridgehead atoms. The number of rotatable bonds is 2. The average Bonchev–Trinajstić information content (AvgIpc) is 2.93. The summed E-state index contributed by atoms with van der Waals surface area (Å²) >= 11 is 0. The van der Waals surface area contributed by atoms with Crippen molar-refractivity contribution in [3.8, 4) is 5.82 Å². The van der Waals surface area contributed by atoms with Crippen LogP contribution in [0.15, 0.2) is 50.8 Å². The van der Waals surface area contributed by atoms with E-state index in [4.69, 9.17) is 16.0 Å². The quantitative estimate of drug-likeness (QED) is 0.529. The molecule has 2 aromatic heterocycles. The third kappa shape index (κ3) is 2.57. The van der Waals surface area contributed by atoms with Crippen LogP contribution in [-0.4, -0.2) is 21.6 Å². The Balaban J connectivity index is 2.35. The number of fused-ring (bicyclic) bond motifs is 1. The number of carbonyl (C=O) groups excluding carboxylic acids is 1. The van der Waals surface area contributed by atoms with Crippen LogP contribution in [0.3, 0.4) is 0 Å². The fraction of sp³-hybridized carbons (Fsp3) is 0.0667. The van der Waals surface area contributed by atoms with Gasteiger partial charge >= 0.3 is 0 Å². The predicted octanol–water partition coefficient (Wildman–Crippen LogP) is 0.701. The average molecular weight is 311 g/mol. The molecule has 1 aromatic carbocycles. The Morgan fingerprint density at radius 2 is 1.96 bits per heavy atom. The van der Waals surface area contributed by atoms with Gasteiger partial charge in [0.1, 0.15) is 5.76 Å². The molecule has 3 rings (SSSR count). The number of benzene rings is 1. The van der Waals surface area contributed by atoms with Crippen molar-refractivity contribution in [2.75, 3.05) is 0 Å². The molecule has 0 unspecified atom stereocenters. The maximum absolute atomic E-state index is 12.6. The van der Waals surface area contributed by atoms with Gasteiger partial charge in [0.25, 0.3) is 11.5 Å². The molecule has 8 nitrogen and oxygen atoms in total. The number of aliphatic imine (C=N–C) groups is 1. The second kappa shape index (κ2) is 5.41. The predicted molar refractivity (Wildman–Crippen MR) is 84.5 cm³/mol. The molecular weight excluding hydrogens is 298 g/mol. The fourth-order valence-electron chi connectivity index (χ4n) is 2.28. The van der Waals surface area contributed by atoms with Gasteiger partial charge in [0, 0.05) is 23.0 Å². The second-order valence-electron chi connectivity index (χ2n) is 4.90. The standard InChI is InChI=1S/C15H13N5O3/c1-8-6-12(19-23-8)20-7-11(13(21)18-15(16)17)9-4-2-3-5-10(9)14(20)22/h2-7H,1H3,(H4,16,17,18,21). The summed E-state index contributed by atoms with van der Waals surface area (Å²) in [6, 6.07) is 8.29. The van der Waals surface area contributed by atoms with Crippen molar-refractivity contribution >= 4 is 22.6 Å². The highest BCUT2D eigenvalue weighted by molar-refractivity contribution is 6.10. The van der Waals surface area contributed by atoms with Crippen LogP contribution in [0.25, 0.3) is 16.6 Å². The molecule has 0 atom stereocenters. The molecule has 2 heterocycles. The molecule has 8 heteroatoms. The van der Waals surface area contributed by atoms with Gasteiger partial charge in [-0.1, -0.05) is 23.4 Å². The van der Waals surface area contributed by atoms with E-state index in [0.29, 0.717) is 16.5 Å². The van der Waals surface area contributed by atoms with Crippen LogP contribution in [0.1, 0.15) is 16.1 Å². The highest BCUT2D eigenvalue weighted by Gasteiger charge is 2.16. The van der Waals surface area contributed by atoms with Crippen molar-refractivity contribution in [2.24, 2.45) is 16.5 Å². The topological polar surface area (TPSA) is 130 Å². The summed E-state index contributed by atoms with van der Waals surface area (Å²) in [4.78, 5) is 28.4.